The van der Waals surface area contributed by atoms with Crippen LogP contribution in [0, 0.1) is 23.2 Å². The highest BCUT2D eigenvalue weighted by Gasteiger charge is 2.54. The minimum atomic E-state index is -0.116. The van der Waals surface area contributed by atoms with Crippen LogP contribution >= 0.6 is 0 Å². The summed E-state index contributed by atoms with van der Waals surface area (Å²) in [6.07, 6.45) is 7.32. The van der Waals surface area contributed by atoms with Crippen LogP contribution in [0.25, 0.3) is 0 Å². The van der Waals surface area contributed by atoms with Crippen LogP contribution in [0.5, 0.6) is 0 Å². The quantitative estimate of drug-likeness (QED) is 0.897. The first kappa shape index (κ1) is 13.3. The number of pyridine rings is 1. The first-order valence-corrected chi connectivity index (χ1v) is 8.14. The predicted octanol–water partition coefficient (Wildman–Crippen LogP) is 2.70. The molecule has 4 bridgehead atoms. The largest absolute Gasteiger partial charge is 0.325 e. The van der Waals surface area contributed by atoms with Crippen LogP contribution in [-0.4, -0.2) is 10.9 Å². The number of nitrogens with zero attached hydrogens (tertiary/aromatic N) is 1. The molecular formula is C17H23N3O. The van der Waals surface area contributed by atoms with E-state index < -0.39 is 0 Å². The lowest BCUT2D eigenvalue weighted by atomic mass is 9.49. The summed E-state index contributed by atoms with van der Waals surface area (Å²) in [5, 5.41) is 3.07. The van der Waals surface area contributed by atoms with E-state index in [2.05, 4.69) is 10.3 Å². The van der Waals surface area contributed by atoms with Crippen LogP contribution in [-0.2, 0) is 11.3 Å². The van der Waals surface area contributed by atoms with Crippen LogP contribution in [0.15, 0.2) is 18.2 Å². The molecule has 4 aliphatic carbocycles. The summed E-state index contributed by atoms with van der Waals surface area (Å²) >= 11 is 0. The van der Waals surface area contributed by atoms with Gasteiger partial charge in [0.15, 0.2) is 0 Å². The predicted molar refractivity (Wildman–Crippen MR) is 81.4 cm³/mol. The van der Waals surface area contributed by atoms with Crippen molar-refractivity contribution >= 4 is 11.7 Å². The van der Waals surface area contributed by atoms with Crippen molar-refractivity contribution in [1.29, 1.82) is 0 Å². The average molecular weight is 285 g/mol. The number of hydrogen-bond acceptors (Lipinski definition) is 3. The van der Waals surface area contributed by atoms with Crippen molar-refractivity contribution < 1.29 is 4.79 Å². The molecule has 0 saturated heterocycles. The number of nitrogens with two attached hydrogens (primary N) is 1. The van der Waals surface area contributed by atoms with Gasteiger partial charge in [-0.25, -0.2) is 4.98 Å². The Bertz CT molecular complexity index is 534. The highest BCUT2D eigenvalue weighted by atomic mass is 16.2. The molecule has 1 aromatic rings. The van der Waals surface area contributed by atoms with E-state index in [1.165, 1.54) is 19.3 Å². The molecule has 112 valence electrons. The summed E-state index contributed by atoms with van der Waals surface area (Å²) in [6, 6.07) is 5.66. The Morgan fingerprint density at radius 2 is 1.81 bits per heavy atom. The van der Waals surface area contributed by atoms with Gasteiger partial charge in [0.05, 0.1) is 11.1 Å². The number of hydrogen-bond donors (Lipinski definition) is 2. The molecule has 0 aromatic carbocycles. The summed E-state index contributed by atoms with van der Waals surface area (Å²) in [6.45, 7) is 0.404. The fraction of sp³-hybridized carbons (Fsp3) is 0.647. The molecule has 1 aromatic heterocycles. The lowest BCUT2D eigenvalue weighted by Gasteiger charge is -2.55. The molecule has 4 nitrogen and oxygen atoms in total. The molecule has 0 radical (unpaired) electrons. The van der Waals surface area contributed by atoms with Crippen molar-refractivity contribution in [2.75, 3.05) is 5.32 Å². The smallest absolute Gasteiger partial charge is 0.231 e. The Kier molecular flexibility index (Phi) is 3.03. The van der Waals surface area contributed by atoms with E-state index in [9.17, 15) is 4.79 Å². The lowest BCUT2D eigenvalue weighted by Crippen LogP contribution is -2.51. The maximum Gasteiger partial charge on any atom is 0.231 e. The third kappa shape index (κ3) is 2.26. The standard InChI is InChI=1S/C17H23N3O/c18-10-14-2-1-3-15(19-14)20-16(21)17-7-11-4-12(8-17)6-13(5-11)9-17/h1-3,11-13H,4-10,18H2,(H,19,20,21). The van der Waals surface area contributed by atoms with E-state index in [-0.39, 0.29) is 11.3 Å². The fourth-order valence-electron chi connectivity index (χ4n) is 5.30. The highest BCUT2D eigenvalue weighted by Crippen LogP contribution is 2.60. The van der Waals surface area contributed by atoms with Crippen molar-refractivity contribution in [3.63, 3.8) is 0 Å². The minimum Gasteiger partial charge on any atom is -0.325 e. The monoisotopic (exact) mass is 285 g/mol. The molecule has 21 heavy (non-hydrogen) atoms. The van der Waals surface area contributed by atoms with Crippen molar-refractivity contribution in [2.24, 2.45) is 28.9 Å². The molecular weight excluding hydrogens is 262 g/mol. The van der Waals surface area contributed by atoms with Crippen LogP contribution in [0.1, 0.15) is 44.2 Å². The number of carbonyl (C=O) groups excluding carboxylic acids is 1. The molecule has 0 aliphatic heterocycles. The Morgan fingerprint density at radius 3 is 2.38 bits per heavy atom. The molecule has 4 aliphatic rings. The number of amides is 1. The SMILES string of the molecule is NCc1cccc(NC(=O)C23CC4CC(CC(C4)C2)C3)n1. The van der Waals surface area contributed by atoms with Gasteiger partial charge >= 0.3 is 0 Å². The fourth-order valence-corrected chi connectivity index (χ4v) is 5.30. The first-order valence-electron chi connectivity index (χ1n) is 8.14. The van der Waals surface area contributed by atoms with Gasteiger partial charge in [-0.2, -0.15) is 0 Å². The lowest BCUT2D eigenvalue weighted by molar-refractivity contribution is -0.140. The minimum absolute atomic E-state index is 0.116. The van der Waals surface area contributed by atoms with Crippen molar-refractivity contribution in [3.8, 4) is 0 Å². The number of aromatic nitrogens is 1. The summed E-state index contributed by atoms with van der Waals surface area (Å²) in [5.74, 6) is 3.20. The van der Waals surface area contributed by atoms with E-state index in [4.69, 9.17) is 5.73 Å². The Labute approximate surface area is 125 Å². The Hall–Kier alpha value is -1.42. The van der Waals surface area contributed by atoms with Gasteiger partial charge in [0.1, 0.15) is 5.82 Å². The molecule has 0 spiro atoms. The van der Waals surface area contributed by atoms with Crippen LogP contribution < -0.4 is 11.1 Å². The van der Waals surface area contributed by atoms with Gasteiger partial charge in [-0.15, -0.1) is 0 Å². The number of rotatable bonds is 3. The maximum absolute atomic E-state index is 12.9. The maximum atomic E-state index is 12.9. The zero-order valence-corrected chi connectivity index (χ0v) is 12.3. The van der Waals surface area contributed by atoms with E-state index in [1.54, 1.807) is 0 Å². The normalized spacial score (nSPS) is 36.7. The van der Waals surface area contributed by atoms with Crippen molar-refractivity contribution in [3.05, 3.63) is 23.9 Å². The second kappa shape index (κ2) is 4.80. The topological polar surface area (TPSA) is 68.0 Å². The zero-order chi connectivity index (χ0) is 14.4. The Morgan fingerprint density at radius 1 is 1.19 bits per heavy atom. The highest BCUT2D eigenvalue weighted by molar-refractivity contribution is 5.94. The number of nitrogens with one attached hydrogen (secondary N) is 1. The second-order valence-corrected chi connectivity index (χ2v) is 7.37. The molecule has 4 saturated carbocycles. The molecule has 0 atom stereocenters. The molecule has 4 heteroatoms. The van der Waals surface area contributed by atoms with E-state index in [0.717, 1.165) is 42.7 Å². The molecule has 1 amide bonds. The number of carbonyl (C=O) groups is 1. The van der Waals surface area contributed by atoms with Gasteiger partial charge in [-0.3, -0.25) is 4.79 Å². The third-order valence-corrected chi connectivity index (χ3v) is 5.78. The van der Waals surface area contributed by atoms with Gasteiger partial charge in [-0.05, 0) is 68.4 Å². The van der Waals surface area contributed by atoms with E-state index in [0.29, 0.717) is 12.4 Å². The van der Waals surface area contributed by atoms with Gasteiger partial charge < -0.3 is 11.1 Å². The van der Waals surface area contributed by atoms with Crippen molar-refractivity contribution in [1.82, 2.24) is 4.98 Å². The summed E-state index contributed by atoms with van der Waals surface area (Å²) in [7, 11) is 0. The zero-order valence-electron chi connectivity index (χ0n) is 12.3. The second-order valence-electron chi connectivity index (χ2n) is 7.37. The van der Waals surface area contributed by atoms with Crippen LogP contribution in [0.3, 0.4) is 0 Å². The molecule has 5 rings (SSSR count). The first-order chi connectivity index (χ1) is 10.2. The van der Waals surface area contributed by atoms with Gasteiger partial charge in [0.25, 0.3) is 0 Å². The molecule has 4 fully saturated rings. The van der Waals surface area contributed by atoms with Crippen LogP contribution in [0.4, 0.5) is 5.82 Å². The van der Waals surface area contributed by atoms with Gasteiger partial charge in [0, 0.05) is 6.54 Å². The number of anilines is 1. The van der Waals surface area contributed by atoms with Gasteiger partial charge in [-0.1, -0.05) is 6.07 Å². The van der Waals surface area contributed by atoms with Gasteiger partial charge in [0.2, 0.25) is 5.91 Å². The Balaban J connectivity index is 1.54. The molecule has 3 N–H and O–H groups in total. The average Bonchev–Trinajstić information content (AvgIpc) is 2.46. The van der Waals surface area contributed by atoms with Crippen LogP contribution in [0.2, 0.25) is 0 Å². The summed E-state index contributed by atoms with van der Waals surface area (Å²) in [4.78, 5) is 17.3. The van der Waals surface area contributed by atoms with Crippen molar-refractivity contribution in [2.45, 2.75) is 45.1 Å². The summed E-state index contributed by atoms with van der Waals surface area (Å²) in [5.41, 5.74) is 6.32. The summed E-state index contributed by atoms with van der Waals surface area (Å²) < 4.78 is 0. The molecule has 1 heterocycles. The molecule has 0 unspecified atom stereocenters. The van der Waals surface area contributed by atoms with E-state index in [1.807, 2.05) is 18.2 Å². The third-order valence-electron chi connectivity index (χ3n) is 5.78. The van der Waals surface area contributed by atoms with E-state index >= 15 is 0 Å².